The van der Waals surface area contributed by atoms with Gasteiger partial charge in [-0.2, -0.15) is 4.98 Å². The van der Waals surface area contributed by atoms with Crippen LogP contribution in [0, 0.1) is 25.7 Å². The Morgan fingerprint density at radius 2 is 1.79 bits per heavy atom. The molecule has 0 spiro atoms. The zero-order chi connectivity index (χ0) is 21.0. The summed E-state index contributed by atoms with van der Waals surface area (Å²) in [6, 6.07) is 4.26. The lowest BCUT2D eigenvalue weighted by Gasteiger charge is -2.22. The molecule has 0 N–H and O–H groups in total. The molecule has 2 heterocycles. The van der Waals surface area contributed by atoms with E-state index in [9.17, 15) is 4.79 Å². The number of pyridine rings is 1. The molecule has 5 nitrogen and oxygen atoms in total. The van der Waals surface area contributed by atoms with Crippen LogP contribution in [0.4, 0.5) is 0 Å². The molecule has 0 aromatic carbocycles. The highest BCUT2D eigenvalue weighted by atomic mass is 16.5. The first-order valence-corrected chi connectivity index (χ1v) is 10.9. The van der Waals surface area contributed by atoms with Crippen LogP contribution < -0.4 is 4.74 Å². The number of hydrogen-bond donors (Lipinski definition) is 0. The Kier molecular flexibility index (Phi) is 6.99. The number of hydrogen-bond acceptors (Lipinski definition) is 5. The lowest BCUT2D eigenvalue weighted by Crippen LogP contribution is -2.15. The maximum Gasteiger partial charge on any atom is 0.220 e. The van der Waals surface area contributed by atoms with Crippen LogP contribution in [0.3, 0.4) is 0 Å². The molecular formula is C24H33N3O2. The highest BCUT2D eigenvalue weighted by molar-refractivity contribution is 5.79. The predicted molar refractivity (Wildman–Crippen MR) is 114 cm³/mol. The molecule has 29 heavy (non-hydrogen) atoms. The Hall–Kier alpha value is -2.30. The minimum Gasteiger partial charge on any atom is -0.477 e. The number of nitrogens with zero attached hydrogens (tertiary/aromatic N) is 3. The van der Waals surface area contributed by atoms with Crippen LogP contribution in [0.1, 0.15) is 80.9 Å². The van der Waals surface area contributed by atoms with Gasteiger partial charge in [-0.05, 0) is 50.2 Å². The lowest BCUT2D eigenvalue weighted by atomic mass is 9.84. The Bertz CT molecular complexity index is 825. The van der Waals surface area contributed by atoms with E-state index in [2.05, 4.69) is 40.9 Å². The van der Waals surface area contributed by atoms with Gasteiger partial charge < -0.3 is 4.74 Å². The molecule has 2 aliphatic rings. The van der Waals surface area contributed by atoms with Crippen LogP contribution in [0.15, 0.2) is 24.5 Å². The van der Waals surface area contributed by atoms with Gasteiger partial charge in [-0.3, -0.25) is 9.78 Å². The van der Waals surface area contributed by atoms with Crippen molar-refractivity contribution in [1.82, 2.24) is 15.0 Å². The Labute approximate surface area is 174 Å². The maximum atomic E-state index is 11.6. The van der Waals surface area contributed by atoms with Gasteiger partial charge >= 0.3 is 0 Å². The van der Waals surface area contributed by atoms with E-state index in [0.717, 1.165) is 29.9 Å². The molecule has 4 rings (SSSR count). The number of carbonyl (C=O) groups excluding carboxylic acids is 1. The van der Waals surface area contributed by atoms with Crippen molar-refractivity contribution in [3.05, 3.63) is 47.2 Å². The smallest absolute Gasteiger partial charge is 0.220 e. The van der Waals surface area contributed by atoms with Crippen LogP contribution in [-0.2, 0) is 4.79 Å². The van der Waals surface area contributed by atoms with Crippen LogP contribution in [0.2, 0.25) is 0 Å². The molecule has 2 aromatic rings. The Morgan fingerprint density at radius 3 is 2.45 bits per heavy atom. The highest BCUT2D eigenvalue weighted by Gasteiger charge is 2.49. The fourth-order valence-corrected chi connectivity index (χ4v) is 4.25. The molecule has 0 aliphatic heterocycles. The first-order valence-electron chi connectivity index (χ1n) is 10.9. The number of aryl methyl sites for hydroxylation is 2. The molecule has 2 fully saturated rings. The quantitative estimate of drug-likeness (QED) is 0.699. The van der Waals surface area contributed by atoms with Gasteiger partial charge in [0.2, 0.25) is 5.88 Å². The third-order valence-corrected chi connectivity index (χ3v) is 6.13. The maximum absolute atomic E-state index is 11.6. The van der Waals surface area contributed by atoms with E-state index in [4.69, 9.17) is 4.74 Å². The molecule has 0 radical (unpaired) electrons. The Morgan fingerprint density at radius 1 is 1.07 bits per heavy atom. The summed E-state index contributed by atoms with van der Waals surface area (Å²) in [6.07, 6.45) is 6.88. The van der Waals surface area contributed by atoms with E-state index in [1.807, 2.05) is 33.2 Å². The van der Waals surface area contributed by atoms with Crippen molar-refractivity contribution in [2.45, 2.75) is 72.1 Å². The van der Waals surface area contributed by atoms with Crippen molar-refractivity contribution in [2.24, 2.45) is 11.8 Å². The minimum atomic E-state index is 0.324. The molecule has 0 saturated heterocycles. The van der Waals surface area contributed by atoms with E-state index in [1.165, 1.54) is 5.56 Å². The van der Waals surface area contributed by atoms with Crippen LogP contribution in [-0.4, -0.2) is 27.3 Å². The predicted octanol–water partition coefficient (Wildman–Crippen LogP) is 5.17. The van der Waals surface area contributed by atoms with Gasteiger partial charge in [0.15, 0.2) is 0 Å². The lowest BCUT2D eigenvalue weighted by molar-refractivity contribution is -0.120. The van der Waals surface area contributed by atoms with Gasteiger partial charge in [0.25, 0.3) is 0 Å². The molecule has 3 unspecified atom stereocenters. The topological polar surface area (TPSA) is 65.0 Å². The number of carbonyl (C=O) groups is 1. The number of Topliss-reactive ketones (excluding diaryl/α,β-unsaturated/α-hetero) is 1. The molecule has 5 heteroatoms. The van der Waals surface area contributed by atoms with Crippen LogP contribution >= 0.6 is 0 Å². The van der Waals surface area contributed by atoms with E-state index in [0.29, 0.717) is 54.8 Å². The summed E-state index contributed by atoms with van der Waals surface area (Å²) >= 11 is 0. The average molecular weight is 396 g/mol. The van der Waals surface area contributed by atoms with Gasteiger partial charge in [-0.1, -0.05) is 26.8 Å². The fourth-order valence-electron chi connectivity index (χ4n) is 4.25. The number of rotatable bonds is 5. The minimum absolute atomic E-state index is 0.324. The zero-order valence-electron chi connectivity index (χ0n) is 18.3. The fraction of sp³-hybridized carbons (Fsp3) is 0.583. The van der Waals surface area contributed by atoms with E-state index in [1.54, 1.807) is 0 Å². The van der Waals surface area contributed by atoms with Crippen molar-refractivity contribution in [2.75, 3.05) is 6.61 Å². The summed E-state index contributed by atoms with van der Waals surface area (Å²) in [7, 11) is 0. The number of ketones is 1. The van der Waals surface area contributed by atoms with Crippen molar-refractivity contribution in [1.29, 1.82) is 0 Å². The van der Waals surface area contributed by atoms with E-state index in [-0.39, 0.29) is 0 Å². The summed E-state index contributed by atoms with van der Waals surface area (Å²) in [5, 5.41) is 0. The summed E-state index contributed by atoms with van der Waals surface area (Å²) in [5.41, 5.74) is 3.41. The molecule has 3 atom stereocenters. The number of aromatic nitrogens is 3. The highest BCUT2D eigenvalue weighted by Crippen LogP contribution is 2.53. The third-order valence-electron chi connectivity index (χ3n) is 6.13. The third kappa shape index (κ3) is 5.01. The summed E-state index contributed by atoms with van der Waals surface area (Å²) in [5.74, 6) is 3.61. The number of ether oxygens (including phenoxy) is 1. The van der Waals surface area contributed by atoms with Gasteiger partial charge in [0.1, 0.15) is 11.6 Å². The van der Waals surface area contributed by atoms with Gasteiger partial charge in [-0.25, -0.2) is 4.98 Å². The molecule has 2 aromatic heterocycles. The summed E-state index contributed by atoms with van der Waals surface area (Å²) < 4.78 is 6.20. The zero-order valence-corrected chi connectivity index (χ0v) is 18.3. The van der Waals surface area contributed by atoms with E-state index < -0.39 is 0 Å². The SMILES string of the molecule is CC.Cc1ccc(C2C(C)C2COc2nc(C)ncc2C2CCC(=O)CC2)nc1. The second-order valence-electron chi connectivity index (χ2n) is 8.11. The molecule has 2 saturated carbocycles. The van der Waals surface area contributed by atoms with Crippen molar-refractivity contribution in [3.8, 4) is 5.88 Å². The monoisotopic (exact) mass is 395 g/mol. The largest absolute Gasteiger partial charge is 0.477 e. The van der Waals surface area contributed by atoms with Gasteiger partial charge in [0, 0.05) is 48.3 Å². The van der Waals surface area contributed by atoms with Crippen LogP contribution in [0.25, 0.3) is 0 Å². The molecule has 2 aliphatic carbocycles. The van der Waals surface area contributed by atoms with Gasteiger partial charge in [-0.15, -0.1) is 0 Å². The van der Waals surface area contributed by atoms with E-state index >= 15 is 0 Å². The average Bonchev–Trinajstić information content (AvgIpc) is 3.38. The summed E-state index contributed by atoms with van der Waals surface area (Å²) in [4.78, 5) is 25.1. The molecule has 0 bridgehead atoms. The van der Waals surface area contributed by atoms with Crippen molar-refractivity contribution < 1.29 is 9.53 Å². The molecular weight excluding hydrogens is 362 g/mol. The van der Waals surface area contributed by atoms with Gasteiger partial charge in [0.05, 0.1) is 6.61 Å². The standard InChI is InChI=1S/C22H27N3O2.C2H6/c1-13-4-9-20(24-10-13)21-14(2)19(21)12-27-22-18(11-23-15(3)25-22)16-5-7-17(26)8-6-16;1-2/h4,9-11,14,16,19,21H,5-8,12H2,1-3H3;1-2H3. The molecule has 156 valence electrons. The first-order chi connectivity index (χ1) is 14.0. The van der Waals surface area contributed by atoms with Crippen molar-refractivity contribution >= 4 is 5.78 Å². The second-order valence-corrected chi connectivity index (χ2v) is 8.11. The summed E-state index contributed by atoms with van der Waals surface area (Å²) in [6.45, 7) is 10.9. The molecule has 0 amide bonds. The van der Waals surface area contributed by atoms with Crippen LogP contribution in [0.5, 0.6) is 5.88 Å². The normalized spacial score (nSPS) is 23.9. The van der Waals surface area contributed by atoms with Crippen molar-refractivity contribution in [3.63, 3.8) is 0 Å². The first kappa shape index (κ1) is 21.4. The second kappa shape index (κ2) is 9.47. The Balaban J connectivity index is 0.00000117.